The van der Waals surface area contributed by atoms with Crippen LogP contribution in [0.1, 0.15) is 32.1 Å². The summed E-state index contributed by atoms with van der Waals surface area (Å²) in [6, 6.07) is 0.111. The highest BCUT2D eigenvalue weighted by atomic mass is 32.2. The Kier molecular flexibility index (Phi) is 2.96. The molecule has 2 aliphatic rings. The van der Waals surface area contributed by atoms with Crippen LogP contribution in [0, 0.1) is 5.92 Å². The first-order valence-electron chi connectivity index (χ1n) is 5.64. The quantitative estimate of drug-likeness (QED) is 0.792. The van der Waals surface area contributed by atoms with Gasteiger partial charge in [0.05, 0.1) is 11.2 Å². The standard InChI is InChI=1S/C10H17NO4S/c1-11(7-5-6-7)16(14,15)9-4-2-3-8(9)10(12)13/h7-9H,2-6H2,1H3,(H,12,13). The van der Waals surface area contributed by atoms with Gasteiger partial charge < -0.3 is 5.11 Å². The molecular weight excluding hydrogens is 230 g/mol. The Balaban J connectivity index is 2.18. The molecule has 0 amide bonds. The second-order valence-electron chi connectivity index (χ2n) is 4.71. The molecule has 0 heterocycles. The summed E-state index contributed by atoms with van der Waals surface area (Å²) in [5.74, 6) is -1.69. The van der Waals surface area contributed by atoms with Crippen molar-refractivity contribution < 1.29 is 18.3 Å². The zero-order valence-electron chi connectivity index (χ0n) is 9.30. The maximum atomic E-state index is 12.2. The molecule has 2 saturated carbocycles. The molecule has 0 bridgehead atoms. The molecule has 0 saturated heterocycles. The Morgan fingerprint density at radius 1 is 1.25 bits per heavy atom. The predicted octanol–water partition coefficient (Wildman–Crippen LogP) is 0.664. The van der Waals surface area contributed by atoms with Crippen LogP contribution in [0.4, 0.5) is 0 Å². The Hall–Kier alpha value is -0.620. The fourth-order valence-corrected chi connectivity index (χ4v) is 4.61. The minimum atomic E-state index is -3.42. The largest absolute Gasteiger partial charge is 0.481 e. The van der Waals surface area contributed by atoms with E-state index in [0.717, 1.165) is 12.8 Å². The molecule has 2 rings (SSSR count). The van der Waals surface area contributed by atoms with Gasteiger partial charge >= 0.3 is 5.97 Å². The minimum Gasteiger partial charge on any atom is -0.481 e. The van der Waals surface area contributed by atoms with E-state index in [0.29, 0.717) is 19.3 Å². The van der Waals surface area contributed by atoms with Crippen LogP contribution in [-0.4, -0.2) is 42.1 Å². The van der Waals surface area contributed by atoms with Crippen molar-refractivity contribution in [1.29, 1.82) is 0 Å². The third kappa shape index (κ3) is 1.96. The summed E-state index contributed by atoms with van der Waals surface area (Å²) in [6.07, 6.45) is 3.47. The van der Waals surface area contributed by atoms with Crippen LogP contribution < -0.4 is 0 Å². The van der Waals surface area contributed by atoms with Gasteiger partial charge in [-0.2, -0.15) is 0 Å². The highest BCUT2D eigenvalue weighted by Gasteiger charge is 2.46. The fourth-order valence-electron chi connectivity index (χ4n) is 2.42. The average Bonchev–Trinajstić information content (AvgIpc) is 2.92. The Morgan fingerprint density at radius 3 is 2.38 bits per heavy atom. The summed E-state index contributed by atoms with van der Waals surface area (Å²) in [5, 5.41) is 8.29. The zero-order valence-corrected chi connectivity index (χ0v) is 10.1. The predicted molar refractivity (Wildman–Crippen MR) is 58.5 cm³/mol. The van der Waals surface area contributed by atoms with E-state index in [1.165, 1.54) is 4.31 Å². The van der Waals surface area contributed by atoms with Crippen molar-refractivity contribution in [3.8, 4) is 0 Å². The van der Waals surface area contributed by atoms with Gasteiger partial charge in [-0.3, -0.25) is 4.79 Å². The van der Waals surface area contributed by atoms with Crippen molar-refractivity contribution in [1.82, 2.24) is 4.31 Å². The molecular formula is C10H17NO4S. The van der Waals surface area contributed by atoms with Crippen LogP contribution in [0.2, 0.25) is 0 Å². The van der Waals surface area contributed by atoms with Gasteiger partial charge in [-0.25, -0.2) is 12.7 Å². The summed E-state index contributed by atoms with van der Waals surface area (Å²) in [6.45, 7) is 0. The van der Waals surface area contributed by atoms with E-state index in [9.17, 15) is 13.2 Å². The van der Waals surface area contributed by atoms with Crippen LogP contribution in [0.25, 0.3) is 0 Å². The van der Waals surface area contributed by atoms with Crippen LogP contribution in [0.3, 0.4) is 0 Å². The maximum Gasteiger partial charge on any atom is 0.307 e. The maximum absolute atomic E-state index is 12.2. The first-order valence-corrected chi connectivity index (χ1v) is 7.14. The summed E-state index contributed by atoms with van der Waals surface area (Å²) >= 11 is 0. The lowest BCUT2D eigenvalue weighted by atomic mass is 10.1. The SMILES string of the molecule is CN(C1CC1)S(=O)(=O)C1CCCC1C(=O)O. The summed E-state index contributed by atoms with van der Waals surface area (Å²) in [4.78, 5) is 11.0. The summed E-state index contributed by atoms with van der Waals surface area (Å²) in [5.41, 5.74) is 0. The van der Waals surface area contributed by atoms with Gasteiger partial charge in [0.2, 0.25) is 10.0 Å². The number of nitrogens with zero attached hydrogens (tertiary/aromatic N) is 1. The van der Waals surface area contributed by atoms with E-state index in [4.69, 9.17) is 5.11 Å². The van der Waals surface area contributed by atoms with Crippen molar-refractivity contribution in [2.24, 2.45) is 5.92 Å². The summed E-state index contributed by atoms with van der Waals surface area (Å²) in [7, 11) is -1.84. The number of aliphatic carboxylic acids is 1. The van der Waals surface area contributed by atoms with Gasteiger partial charge in [0, 0.05) is 13.1 Å². The number of rotatable bonds is 4. The van der Waals surface area contributed by atoms with Crippen molar-refractivity contribution in [2.75, 3.05) is 7.05 Å². The highest BCUT2D eigenvalue weighted by Crippen LogP contribution is 2.36. The molecule has 6 heteroatoms. The number of carbonyl (C=O) groups is 1. The molecule has 0 aliphatic heterocycles. The molecule has 0 aromatic rings. The van der Waals surface area contributed by atoms with E-state index >= 15 is 0 Å². The van der Waals surface area contributed by atoms with Gasteiger partial charge in [0.25, 0.3) is 0 Å². The number of hydrogen-bond donors (Lipinski definition) is 1. The molecule has 92 valence electrons. The summed E-state index contributed by atoms with van der Waals surface area (Å²) < 4.78 is 25.8. The molecule has 2 aliphatic carbocycles. The molecule has 1 N–H and O–H groups in total. The molecule has 0 aromatic heterocycles. The number of carboxylic acid groups (broad SMARTS) is 1. The topological polar surface area (TPSA) is 74.7 Å². The Morgan fingerprint density at radius 2 is 1.88 bits per heavy atom. The average molecular weight is 247 g/mol. The highest BCUT2D eigenvalue weighted by molar-refractivity contribution is 7.89. The van der Waals surface area contributed by atoms with Gasteiger partial charge in [-0.15, -0.1) is 0 Å². The minimum absolute atomic E-state index is 0.111. The van der Waals surface area contributed by atoms with E-state index < -0.39 is 27.2 Å². The molecule has 2 fully saturated rings. The molecule has 5 nitrogen and oxygen atoms in total. The first kappa shape index (κ1) is 11.9. The second-order valence-corrected chi connectivity index (χ2v) is 6.92. The van der Waals surface area contributed by atoms with Crippen molar-refractivity contribution in [2.45, 2.75) is 43.4 Å². The smallest absolute Gasteiger partial charge is 0.307 e. The van der Waals surface area contributed by atoms with Gasteiger partial charge in [0.15, 0.2) is 0 Å². The van der Waals surface area contributed by atoms with E-state index in [1.807, 2.05) is 0 Å². The zero-order chi connectivity index (χ0) is 11.9. The normalized spacial score (nSPS) is 30.9. The molecule has 0 spiro atoms. The van der Waals surface area contributed by atoms with E-state index in [-0.39, 0.29) is 6.04 Å². The van der Waals surface area contributed by atoms with Crippen molar-refractivity contribution >= 4 is 16.0 Å². The van der Waals surface area contributed by atoms with Gasteiger partial charge in [-0.05, 0) is 25.7 Å². The lowest BCUT2D eigenvalue weighted by Gasteiger charge is -2.23. The van der Waals surface area contributed by atoms with E-state index in [2.05, 4.69) is 0 Å². The third-order valence-corrected chi connectivity index (χ3v) is 6.05. The Labute approximate surface area is 95.5 Å². The number of hydrogen-bond acceptors (Lipinski definition) is 3. The van der Waals surface area contributed by atoms with Crippen LogP contribution in [-0.2, 0) is 14.8 Å². The number of carboxylic acids is 1. The van der Waals surface area contributed by atoms with Crippen molar-refractivity contribution in [3.63, 3.8) is 0 Å². The molecule has 2 atom stereocenters. The van der Waals surface area contributed by atoms with Gasteiger partial charge in [-0.1, -0.05) is 6.42 Å². The van der Waals surface area contributed by atoms with Gasteiger partial charge in [0.1, 0.15) is 0 Å². The number of sulfonamides is 1. The molecule has 2 unspecified atom stereocenters. The lowest BCUT2D eigenvalue weighted by molar-refractivity contribution is -0.141. The van der Waals surface area contributed by atoms with E-state index in [1.54, 1.807) is 7.05 Å². The van der Waals surface area contributed by atoms with Crippen LogP contribution in [0.5, 0.6) is 0 Å². The monoisotopic (exact) mass is 247 g/mol. The van der Waals surface area contributed by atoms with Crippen LogP contribution >= 0.6 is 0 Å². The Bertz CT molecular complexity index is 388. The second kappa shape index (κ2) is 4.00. The van der Waals surface area contributed by atoms with Crippen LogP contribution in [0.15, 0.2) is 0 Å². The molecule has 0 radical (unpaired) electrons. The first-order chi connectivity index (χ1) is 7.44. The van der Waals surface area contributed by atoms with Crippen molar-refractivity contribution in [3.05, 3.63) is 0 Å². The lowest BCUT2D eigenvalue weighted by Crippen LogP contribution is -2.41. The molecule has 0 aromatic carbocycles. The third-order valence-electron chi connectivity index (χ3n) is 3.61. The fraction of sp³-hybridized carbons (Fsp3) is 0.900. The molecule has 16 heavy (non-hydrogen) atoms.